The van der Waals surface area contributed by atoms with Crippen LogP contribution in [-0.4, -0.2) is 36.1 Å². The van der Waals surface area contributed by atoms with Crippen LogP contribution in [0.5, 0.6) is 0 Å². The Hall–Kier alpha value is -0.0800. The van der Waals surface area contributed by atoms with Gasteiger partial charge >= 0.3 is 0 Å². The smallest absolute Gasteiger partial charge is 0.0278 e. The van der Waals surface area contributed by atoms with Gasteiger partial charge in [-0.1, -0.05) is 0 Å². The highest BCUT2D eigenvalue weighted by atomic mass is 15.3. The van der Waals surface area contributed by atoms with Gasteiger partial charge in [0, 0.05) is 37.1 Å². The topological polar surface area (TPSA) is 15.3 Å². The highest BCUT2D eigenvalue weighted by Crippen LogP contribution is 2.33. The minimum atomic E-state index is 0.382. The lowest BCUT2D eigenvalue weighted by molar-refractivity contribution is -0.0266. The Balaban J connectivity index is 2.00. The van der Waals surface area contributed by atoms with Crippen LogP contribution in [-0.2, 0) is 0 Å². The summed E-state index contributed by atoms with van der Waals surface area (Å²) in [5.74, 6) is 0.953. The Kier molecular flexibility index (Phi) is 1.52. The van der Waals surface area contributed by atoms with Gasteiger partial charge < -0.3 is 5.32 Å². The predicted octanol–water partition coefficient (Wildman–Crippen LogP) is 0.688. The van der Waals surface area contributed by atoms with Crippen LogP contribution in [0.25, 0.3) is 0 Å². The van der Waals surface area contributed by atoms with Crippen molar-refractivity contribution in [2.75, 3.05) is 19.6 Å². The van der Waals surface area contributed by atoms with Crippen molar-refractivity contribution < 1.29 is 0 Å². The van der Waals surface area contributed by atoms with Crippen molar-refractivity contribution in [1.82, 2.24) is 10.2 Å². The van der Waals surface area contributed by atoms with E-state index in [0.717, 1.165) is 12.0 Å². The molecular formula is C9H18N2. The van der Waals surface area contributed by atoms with Crippen molar-refractivity contribution >= 4 is 0 Å². The summed E-state index contributed by atoms with van der Waals surface area (Å²) < 4.78 is 0. The maximum Gasteiger partial charge on any atom is 0.0278 e. The summed E-state index contributed by atoms with van der Waals surface area (Å²) in [6, 6.07) is 0.843. The minimum Gasteiger partial charge on any atom is -0.315 e. The van der Waals surface area contributed by atoms with Gasteiger partial charge in [-0.2, -0.15) is 0 Å². The zero-order valence-corrected chi connectivity index (χ0v) is 7.72. The lowest BCUT2D eigenvalue weighted by Crippen LogP contribution is -2.62. The zero-order chi connectivity index (χ0) is 8.06. The van der Waals surface area contributed by atoms with Crippen molar-refractivity contribution in [3.05, 3.63) is 0 Å². The molecule has 0 aliphatic carbocycles. The molecule has 11 heavy (non-hydrogen) atoms. The molecule has 2 heteroatoms. The first-order chi connectivity index (χ1) is 5.09. The van der Waals surface area contributed by atoms with Gasteiger partial charge in [0.1, 0.15) is 0 Å². The van der Waals surface area contributed by atoms with Crippen molar-refractivity contribution in [1.29, 1.82) is 0 Å². The van der Waals surface area contributed by atoms with Gasteiger partial charge in [-0.15, -0.1) is 0 Å². The first-order valence-corrected chi connectivity index (χ1v) is 4.56. The zero-order valence-electron chi connectivity index (χ0n) is 7.72. The normalized spacial score (nSPS) is 38.5. The molecule has 2 heterocycles. The van der Waals surface area contributed by atoms with E-state index >= 15 is 0 Å². The van der Waals surface area contributed by atoms with Crippen LogP contribution in [0.15, 0.2) is 0 Å². The Morgan fingerprint density at radius 3 is 2.55 bits per heavy atom. The number of nitrogens with one attached hydrogen (secondary N) is 1. The number of hydrogen-bond donors (Lipinski definition) is 1. The summed E-state index contributed by atoms with van der Waals surface area (Å²) in [5, 5.41) is 3.44. The van der Waals surface area contributed by atoms with Crippen LogP contribution in [0, 0.1) is 5.92 Å². The molecule has 2 nitrogen and oxygen atoms in total. The molecule has 0 aromatic carbocycles. The van der Waals surface area contributed by atoms with E-state index in [9.17, 15) is 0 Å². The molecule has 2 atom stereocenters. The fourth-order valence-corrected chi connectivity index (χ4v) is 2.29. The van der Waals surface area contributed by atoms with Gasteiger partial charge in [0.15, 0.2) is 0 Å². The van der Waals surface area contributed by atoms with Gasteiger partial charge in [-0.05, 0) is 20.8 Å². The van der Waals surface area contributed by atoms with Gasteiger partial charge in [0.05, 0.1) is 0 Å². The fourth-order valence-electron chi connectivity index (χ4n) is 2.29. The fraction of sp³-hybridized carbons (Fsp3) is 1.00. The Morgan fingerprint density at radius 1 is 1.27 bits per heavy atom. The molecule has 2 aliphatic heterocycles. The van der Waals surface area contributed by atoms with Gasteiger partial charge in [-0.25, -0.2) is 0 Å². The first kappa shape index (κ1) is 7.56. The summed E-state index contributed by atoms with van der Waals surface area (Å²) in [7, 11) is 0. The molecule has 2 rings (SSSR count). The third-order valence-corrected chi connectivity index (χ3v) is 3.00. The summed E-state index contributed by atoms with van der Waals surface area (Å²) in [6.07, 6.45) is 0. The second-order valence-electron chi connectivity index (χ2n) is 4.81. The van der Waals surface area contributed by atoms with E-state index in [1.807, 2.05) is 0 Å². The number of fused-ring (bicyclic) bond motifs is 1. The highest BCUT2D eigenvalue weighted by Gasteiger charge is 2.46. The number of nitrogens with zero attached hydrogens (tertiary/aromatic N) is 1. The second-order valence-corrected chi connectivity index (χ2v) is 4.81. The lowest BCUT2D eigenvalue weighted by atomic mass is 9.86. The van der Waals surface area contributed by atoms with E-state index in [4.69, 9.17) is 0 Å². The molecule has 0 radical (unpaired) electrons. The third-order valence-electron chi connectivity index (χ3n) is 3.00. The maximum atomic E-state index is 3.44. The van der Waals surface area contributed by atoms with Crippen molar-refractivity contribution in [2.45, 2.75) is 32.4 Å². The van der Waals surface area contributed by atoms with Gasteiger partial charge in [-0.3, -0.25) is 4.90 Å². The molecule has 0 aromatic rings. The highest BCUT2D eigenvalue weighted by molar-refractivity contribution is 5.03. The molecule has 0 bridgehead atoms. The third kappa shape index (κ3) is 1.09. The maximum absolute atomic E-state index is 3.44. The molecule has 0 aromatic heterocycles. The molecule has 2 saturated heterocycles. The standard InChI is InChI=1S/C9H18N2/c1-9(2,3)11-6-7-4-10-5-8(7)11/h7-8,10H,4-6H2,1-3H3/t7-,8-/m0/s1. The molecule has 1 N–H and O–H groups in total. The van der Waals surface area contributed by atoms with E-state index in [1.54, 1.807) is 0 Å². The number of rotatable bonds is 0. The molecule has 2 aliphatic rings. The number of hydrogen-bond acceptors (Lipinski definition) is 2. The van der Waals surface area contributed by atoms with E-state index in [2.05, 4.69) is 31.0 Å². The molecule has 0 spiro atoms. The monoisotopic (exact) mass is 154 g/mol. The Labute approximate surface area is 69.0 Å². The minimum absolute atomic E-state index is 0.382. The van der Waals surface area contributed by atoms with E-state index in [0.29, 0.717) is 5.54 Å². The molecule has 0 amide bonds. The van der Waals surface area contributed by atoms with Gasteiger partial charge in [0.2, 0.25) is 0 Å². The van der Waals surface area contributed by atoms with Crippen LogP contribution in [0.2, 0.25) is 0 Å². The van der Waals surface area contributed by atoms with Crippen LogP contribution < -0.4 is 5.32 Å². The van der Waals surface area contributed by atoms with Gasteiger partial charge in [0.25, 0.3) is 0 Å². The summed E-state index contributed by atoms with van der Waals surface area (Å²) >= 11 is 0. The molecule has 2 fully saturated rings. The average Bonchev–Trinajstić information content (AvgIpc) is 2.08. The van der Waals surface area contributed by atoms with E-state index in [1.165, 1.54) is 19.6 Å². The van der Waals surface area contributed by atoms with E-state index in [-0.39, 0.29) is 0 Å². The lowest BCUT2D eigenvalue weighted by Gasteiger charge is -2.51. The van der Waals surface area contributed by atoms with Crippen LogP contribution in [0.1, 0.15) is 20.8 Å². The van der Waals surface area contributed by atoms with Crippen LogP contribution in [0.3, 0.4) is 0 Å². The molecule has 0 unspecified atom stereocenters. The summed E-state index contributed by atoms with van der Waals surface area (Å²) in [5.41, 5.74) is 0.382. The summed E-state index contributed by atoms with van der Waals surface area (Å²) in [6.45, 7) is 10.7. The second kappa shape index (κ2) is 2.20. The SMILES string of the molecule is CC(C)(C)N1C[C@@H]2CNC[C@@H]21. The Bertz CT molecular complexity index is 159. The van der Waals surface area contributed by atoms with Crippen molar-refractivity contribution in [3.8, 4) is 0 Å². The quantitative estimate of drug-likeness (QED) is 0.552. The Morgan fingerprint density at radius 2 is 2.00 bits per heavy atom. The van der Waals surface area contributed by atoms with Crippen LogP contribution in [0.4, 0.5) is 0 Å². The summed E-state index contributed by atoms with van der Waals surface area (Å²) in [4.78, 5) is 2.61. The predicted molar refractivity (Wildman–Crippen MR) is 46.6 cm³/mol. The van der Waals surface area contributed by atoms with Crippen molar-refractivity contribution in [3.63, 3.8) is 0 Å². The average molecular weight is 154 g/mol. The molecule has 0 saturated carbocycles. The van der Waals surface area contributed by atoms with E-state index < -0.39 is 0 Å². The van der Waals surface area contributed by atoms with Crippen LogP contribution >= 0.6 is 0 Å². The molecular weight excluding hydrogens is 136 g/mol. The van der Waals surface area contributed by atoms with Crippen molar-refractivity contribution in [2.24, 2.45) is 5.92 Å². The largest absolute Gasteiger partial charge is 0.315 e. The first-order valence-electron chi connectivity index (χ1n) is 4.56. The molecule has 64 valence electrons. The number of likely N-dealkylation sites (tertiary alicyclic amines) is 1.